The molecular formula is C13H15NO. The third kappa shape index (κ3) is 2.69. The number of carbonyl (C=O) groups is 1. The van der Waals surface area contributed by atoms with E-state index in [0.717, 1.165) is 30.5 Å². The fraction of sp³-hybridized carbons (Fsp3) is 0.308. The van der Waals surface area contributed by atoms with E-state index in [-0.39, 0.29) is 5.91 Å². The van der Waals surface area contributed by atoms with Crippen molar-refractivity contribution < 1.29 is 4.79 Å². The first kappa shape index (κ1) is 9.97. The SMILES string of the molecule is O=C(Nc1ccccc1)C1=CCCCC1. The van der Waals surface area contributed by atoms with E-state index in [2.05, 4.69) is 11.4 Å². The Morgan fingerprint density at radius 2 is 1.93 bits per heavy atom. The minimum absolute atomic E-state index is 0.0564. The van der Waals surface area contributed by atoms with Crippen LogP contribution >= 0.6 is 0 Å². The maximum atomic E-state index is 11.8. The zero-order chi connectivity index (χ0) is 10.5. The van der Waals surface area contributed by atoms with Gasteiger partial charge < -0.3 is 5.32 Å². The van der Waals surface area contributed by atoms with Gasteiger partial charge in [0.05, 0.1) is 0 Å². The lowest BCUT2D eigenvalue weighted by molar-refractivity contribution is -0.113. The number of hydrogen-bond acceptors (Lipinski definition) is 1. The number of amides is 1. The van der Waals surface area contributed by atoms with Crippen molar-refractivity contribution in [3.63, 3.8) is 0 Å². The first-order chi connectivity index (χ1) is 7.36. The molecule has 0 saturated carbocycles. The number of nitrogens with one attached hydrogen (secondary N) is 1. The highest BCUT2D eigenvalue weighted by Gasteiger charge is 2.11. The van der Waals surface area contributed by atoms with Crippen LogP contribution in [0.2, 0.25) is 0 Å². The minimum Gasteiger partial charge on any atom is -0.322 e. The molecule has 0 unspecified atom stereocenters. The molecular weight excluding hydrogens is 186 g/mol. The molecule has 1 amide bonds. The molecule has 0 heterocycles. The lowest BCUT2D eigenvalue weighted by Gasteiger charge is -2.12. The summed E-state index contributed by atoms with van der Waals surface area (Å²) in [7, 11) is 0. The standard InChI is InChI=1S/C13H15NO/c15-13(11-7-3-1-4-8-11)14-12-9-5-2-6-10-12/h2,5-7,9-10H,1,3-4,8H2,(H,14,15). The monoisotopic (exact) mass is 201 g/mol. The summed E-state index contributed by atoms with van der Waals surface area (Å²) in [6.45, 7) is 0. The molecule has 0 aliphatic heterocycles. The number of anilines is 1. The van der Waals surface area contributed by atoms with Gasteiger partial charge in [-0.3, -0.25) is 4.79 Å². The number of carbonyl (C=O) groups excluding carboxylic acids is 1. The summed E-state index contributed by atoms with van der Waals surface area (Å²) in [6, 6.07) is 9.59. The van der Waals surface area contributed by atoms with E-state index in [1.165, 1.54) is 6.42 Å². The van der Waals surface area contributed by atoms with Gasteiger partial charge in [0.1, 0.15) is 0 Å². The van der Waals surface area contributed by atoms with E-state index in [1.54, 1.807) is 0 Å². The molecule has 0 aromatic heterocycles. The second-order valence-electron chi connectivity index (χ2n) is 3.80. The Morgan fingerprint density at radius 3 is 2.60 bits per heavy atom. The molecule has 2 nitrogen and oxygen atoms in total. The number of allylic oxidation sites excluding steroid dienone is 1. The number of rotatable bonds is 2. The molecule has 1 N–H and O–H groups in total. The van der Waals surface area contributed by atoms with Crippen LogP contribution in [-0.4, -0.2) is 5.91 Å². The molecule has 1 aliphatic rings. The zero-order valence-electron chi connectivity index (χ0n) is 8.70. The average molecular weight is 201 g/mol. The van der Waals surface area contributed by atoms with Crippen molar-refractivity contribution >= 4 is 11.6 Å². The lowest BCUT2D eigenvalue weighted by Crippen LogP contribution is -2.15. The van der Waals surface area contributed by atoms with Crippen molar-refractivity contribution in [2.45, 2.75) is 25.7 Å². The van der Waals surface area contributed by atoms with Gasteiger partial charge in [-0.05, 0) is 37.8 Å². The van der Waals surface area contributed by atoms with Crippen LogP contribution in [0.1, 0.15) is 25.7 Å². The van der Waals surface area contributed by atoms with Crippen molar-refractivity contribution in [2.75, 3.05) is 5.32 Å². The summed E-state index contributed by atoms with van der Waals surface area (Å²) in [4.78, 5) is 11.8. The minimum atomic E-state index is 0.0564. The number of hydrogen-bond donors (Lipinski definition) is 1. The Hall–Kier alpha value is -1.57. The molecule has 2 rings (SSSR count). The van der Waals surface area contributed by atoms with Crippen molar-refractivity contribution in [1.29, 1.82) is 0 Å². The van der Waals surface area contributed by atoms with E-state index >= 15 is 0 Å². The molecule has 0 spiro atoms. The Kier molecular flexibility index (Phi) is 3.18. The average Bonchev–Trinajstić information content (AvgIpc) is 2.31. The van der Waals surface area contributed by atoms with E-state index in [0.29, 0.717) is 0 Å². The van der Waals surface area contributed by atoms with Crippen molar-refractivity contribution in [3.8, 4) is 0 Å². The van der Waals surface area contributed by atoms with Crippen LogP contribution in [0.15, 0.2) is 42.0 Å². The van der Waals surface area contributed by atoms with Crippen LogP contribution in [0.5, 0.6) is 0 Å². The van der Waals surface area contributed by atoms with Gasteiger partial charge in [0.25, 0.3) is 5.91 Å². The van der Waals surface area contributed by atoms with E-state index in [9.17, 15) is 4.79 Å². The highest BCUT2D eigenvalue weighted by molar-refractivity contribution is 6.03. The second-order valence-corrected chi connectivity index (χ2v) is 3.80. The van der Waals surface area contributed by atoms with Gasteiger partial charge in [0, 0.05) is 11.3 Å². The maximum Gasteiger partial charge on any atom is 0.251 e. The van der Waals surface area contributed by atoms with Gasteiger partial charge in [-0.2, -0.15) is 0 Å². The summed E-state index contributed by atoms with van der Waals surface area (Å²) in [5.74, 6) is 0.0564. The van der Waals surface area contributed by atoms with Crippen LogP contribution in [0.25, 0.3) is 0 Å². The fourth-order valence-electron chi connectivity index (χ4n) is 1.78. The molecule has 1 aliphatic carbocycles. The smallest absolute Gasteiger partial charge is 0.251 e. The Bertz CT molecular complexity index is 367. The maximum absolute atomic E-state index is 11.8. The molecule has 2 heteroatoms. The van der Waals surface area contributed by atoms with Crippen molar-refractivity contribution in [1.82, 2.24) is 0 Å². The normalized spacial score (nSPS) is 15.6. The highest BCUT2D eigenvalue weighted by Crippen LogP contribution is 2.18. The molecule has 78 valence electrons. The van der Waals surface area contributed by atoms with Gasteiger partial charge in [-0.15, -0.1) is 0 Å². The quantitative estimate of drug-likeness (QED) is 0.782. The lowest BCUT2D eigenvalue weighted by atomic mass is 9.99. The van der Waals surface area contributed by atoms with Crippen LogP contribution in [0.4, 0.5) is 5.69 Å². The van der Waals surface area contributed by atoms with Crippen LogP contribution in [0, 0.1) is 0 Å². The van der Waals surface area contributed by atoms with Crippen LogP contribution in [0.3, 0.4) is 0 Å². The summed E-state index contributed by atoms with van der Waals surface area (Å²) in [6.07, 6.45) is 6.36. The highest BCUT2D eigenvalue weighted by atomic mass is 16.1. The van der Waals surface area contributed by atoms with Crippen molar-refractivity contribution in [2.24, 2.45) is 0 Å². The summed E-state index contributed by atoms with van der Waals surface area (Å²) in [5.41, 5.74) is 1.80. The van der Waals surface area contributed by atoms with Crippen LogP contribution < -0.4 is 5.32 Å². The van der Waals surface area contributed by atoms with Crippen molar-refractivity contribution in [3.05, 3.63) is 42.0 Å². The van der Waals surface area contributed by atoms with E-state index in [4.69, 9.17) is 0 Å². The van der Waals surface area contributed by atoms with E-state index < -0.39 is 0 Å². The molecule has 1 aromatic rings. The summed E-state index contributed by atoms with van der Waals surface area (Å²) < 4.78 is 0. The summed E-state index contributed by atoms with van der Waals surface area (Å²) >= 11 is 0. The Morgan fingerprint density at radius 1 is 1.13 bits per heavy atom. The van der Waals surface area contributed by atoms with Gasteiger partial charge in [-0.1, -0.05) is 24.3 Å². The molecule has 0 atom stereocenters. The number of benzene rings is 1. The summed E-state index contributed by atoms with van der Waals surface area (Å²) in [5, 5.41) is 2.90. The van der Waals surface area contributed by atoms with Gasteiger partial charge in [0.15, 0.2) is 0 Å². The zero-order valence-corrected chi connectivity index (χ0v) is 8.70. The van der Waals surface area contributed by atoms with Gasteiger partial charge in [0.2, 0.25) is 0 Å². The molecule has 1 aromatic carbocycles. The number of para-hydroxylation sites is 1. The Labute approximate surface area is 90.0 Å². The largest absolute Gasteiger partial charge is 0.322 e. The second kappa shape index (κ2) is 4.78. The van der Waals surface area contributed by atoms with Gasteiger partial charge >= 0.3 is 0 Å². The van der Waals surface area contributed by atoms with E-state index in [1.807, 2.05) is 30.3 Å². The molecule has 0 radical (unpaired) electrons. The molecule has 0 saturated heterocycles. The Balaban J connectivity index is 2.00. The first-order valence-electron chi connectivity index (χ1n) is 5.42. The fourth-order valence-corrected chi connectivity index (χ4v) is 1.78. The third-order valence-electron chi connectivity index (χ3n) is 2.61. The third-order valence-corrected chi connectivity index (χ3v) is 2.61. The molecule has 0 bridgehead atoms. The topological polar surface area (TPSA) is 29.1 Å². The predicted molar refractivity (Wildman–Crippen MR) is 61.6 cm³/mol. The van der Waals surface area contributed by atoms with Crippen LogP contribution in [-0.2, 0) is 4.79 Å². The molecule has 15 heavy (non-hydrogen) atoms. The first-order valence-corrected chi connectivity index (χ1v) is 5.42. The predicted octanol–water partition coefficient (Wildman–Crippen LogP) is 3.13. The van der Waals surface area contributed by atoms with Gasteiger partial charge in [-0.25, -0.2) is 0 Å². The molecule has 0 fully saturated rings.